The van der Waals surface area contributed by atoms with Crippen molar-refractivity contribution in [3.8, 4) is 0 Å². The molecule has 2 heteroatoms. The lowest BCUT2D eigenvalue weighted by atomic mass is 10.1. The zero-order valence-electron chi connectivity index (χ0n) is 7.38. The van der Waals surface area contributed by atoms with E-state index in [1.54, 1.807) is 0 Å². The maximum absolute atomic E-state index is 6.93. The van der Waals surface area contributed by atoms with Crippen molar-refractivity contribution in [1.29, 1.82) is 0 Å². The molecule has 0 amide bonds. The molecule has 1 fully saturated rings. The van der Waals surface area contributed by atoms with Gasteiger partial charge >= 0.3 is 0 Å². The van der Waals surface area contributed by atoms with Gasteiger partial charge in [-0.05, 0) is 26.8 Å². The maximum Gasteiger partial charge on any atom is 0.236 e. The van der Waals surface area contributed by atoms with E-state index in [0.29, 0.717) is 6.04 Å². The van der Waals surface area contributed by atoms with Gasteiger partial charge in [-0.15, -0.1) is 0 Å². The molecule has 1 saturated heterocycles. The average molecular weight is 152 g/mol. The molecular weight excluding hydrogens is 136 g/mol. The minimum absolute atomic E-state index is 0.270. The van der Waals surface area contributed by atoms with Crippen molar-refractivity contribution in [2.45, 2.75) is 38.8 Å². The molecule has 0 saturated carbocycles. The van der Waals surface area contributed by atoms with Crippen molar-refractivity contribution in [3.63, 3.8) is 0 Å². The van der Waals surface area contributed by atoms with Crippen LogP contribution in [0, 0.1) is 6.57 Å². The molecule has 1 aliphatic rings. The van der Waals surface area contributed by atoms with Gasteiger partial charge in [0.15, 0.2) is 0 Å². The van der Waals surface area contributed by atoms with E-state index < -0.39 is 0 Å². The number of nitrogens with zero attached hydrogens (tertiary/aromatic N) is 2. The van der Waals surface area contributed by atoms with Crippen LogP contribution >= 0.6 is 0 Å². The van der Waals surface area contributed by atoms with E-state index in [2.05, 4.69) is 23.6 Å². The first-order chi connectivity index (χ1) is 5.24. The van der Waals surface area contributed by atoms with E-state index in [0.717, 1.165) is 13.0 Å². The number of hydrogen-bond acceptors (Lipinski definition) is 1. The summed E-state index contributed by atoms with van der Waals surface area (Å²) in [5.74, 6) is 0. The van der Waals surface area contributed by atoms with Crippen LogP contribution in [0.5, 0.6) is 0 Å². The Morgan fingerprint density at radius 3 is 2.82 bits per heavy atom. The number of likely N-dealkylation sites (tertiary alicyclic amines) is 1. The number of piperidine rings is 1. The van der Waals surface area contributed by atoms with Gasteiger partial charge in [0.05, 0.1) is 6.54 Å². The molecule has 0 spiro atoms. The van der Waals surface area contributed by atoms with Crippen molar-refractivity contribution in [2.24, 2.45) is 0 Å². The highest BCUT2D eigenvalue weighted by Crippen LogP contribution is 2.14. The van der Waals surface area contributed by atoms with Crippen molar-refractivity contribution in [2.75, 3.05) is 13.1 Å². The zero-order chi connectivity index (χ0) is 8.27. The van der Waals surface area contributed by atoms with Crippen molar-refractivity contribution >= 4 is 0 Å². The highest BCUT2D eigenvalue weighted by Gasteiger charge is 2.24. The second-order valence-electron chi connectivity index (χ2n) is 3.51. The third-order valence-corrected chi connectivity index (χ3v) is 2.34. The Balaban J connectivity index is 2.41. The first kappa shape index (κ1) is 8.55. The molecule has 0 radical (unpaired) electrons. The lowest BCUT2D eigenvalue weighted by Crippen LogP contribution is -2.41. The molecule has 0 aromatic heterocycles. The Hall–Kier alpha value is -0.550. The van der Waals surface area contributed by atoms with Crippen molar-refractivity contribution < 1.29 is 0 Å². The molecular formula is C9H16N2. The minimum Gasteiger partial charge on any atom is -0.312 e. The molecule has 0 aromatic rings. The van der Waals surface area contributed by atoms with Gasteiger partial charge in [-0.3, -0.25) is 4.90 Å². The van der Waals surface area contributed by atoms with Crippen LogP contribution in [0.25, 0.3) is 4.85 Å². The van der Waals surface area contributed by atoms with Crippen molar-refractivity contribution in [1.82, 2.24) is 4.90 Å². The first-order valence-corrected chi connectivity index (χ1v) is 4.34. The molecule has 0 bridgehead atoms. The summed E-state index contributed by atoms with van der Waals surface area (Å²) in [5.41, 5.74) is 0. The molecule has 1 atom stereocenters. The summed E-state index contributed by atoms with van der Waals surface area (Å²) in [4.78, 5) is 5.98. The van der Waals surface area contributed by atoms with E-state index in [4.69, 9.17) is 6.57 Å². The summed E-state index contributed by atoms with van der Waals surface area (Å²) < 4.78 is 0. The van der Waals surface area contributed by atoms with Crippen LogP contribution < -0.4 is 0 Å². The van der Waals surface area contributed by atoms with Crippen LogP contribution in [0.3, 0.4) is 0 Å². The third-order valence-electron chi connectivity index (χ3n) is 2.34. The van der Waals surface area contributed by atoms with E-state index in [-0.39, 0.29) is 6.04 Å². The molecule has 62 valence electrons. The van der Waals surface area contributed by atoms with Crippen LogP contribution in [0.1, 0.15) is 26.7 Å². The lowest BCUT2D eigenvalue weighted by Gasteiger charge is -2.30. The van der Waals surface area contributed by atoms with E-state index in [1.807, 2.05) is 0 Å². The van der Waals surface area contributed by atoms with E-state index in [1.165, 1.54) is 13.0 Å². The molecule has 1 rings (SSSR count). The summed E-state index contributed by atoms with van der Waals surface area (Å²) in [6, 6.07) is 0.880. The van der Waals surface area contributed by atoms with Gasteiger partial charge < -0.3 is 4.85 Å². The Morgan fingerprint density at radius 1 is 1.55 bits per heavy atom. The molecule has 0 N–H and O–H groups in total. The molecule has 2 nitrogen and oxygen atoms in total. The van der Waals surface area contributed by atoms with Gasteiger partial charge in [0, 0.05) is 12.5 Å². The molecule has 11 heavy (non-hydrogen) atoms. The van der Waals surface area contributed by atoms with Crippen LogP contribution in [0.4, 0.5) is 0 Å². The van der Waals surface area contributed by atoms with Crippen LogP contribution in [0.15, 0.2) is 0 Å². The Kier molecular flexibility index (Phi) is 2.90. The topological polar surface area (TPSA) is 7.60 Å². The summed E-state index contributed by atoms with van der Waals surface area (Å²) >= 11 is 0. The summed E-state index contributed by atoms with van der Waals surface area (Å²) in [7, 11) is 0. The highest BCUT2D eigenvalue weighted by atomic mass is 15.2. The maximum atomic E-state index is 6.93. The number of rotatable bonds is 1. The Morgan fingerprint density at radius 2 is 2.27 bits per heavy atom. The van der Waals surface area contributed by atoms with Gasteiger partial charge in [0.1, 0.15) is 0 Å². The molecule has 1 heterocycles. The largest absolute Gasteiger partial charge is 0.312 e. The second kappa shape index (κ2) is 3.73. The predicted octanol–water partition coefficient (Wildman–Crippen LogP) is 1.78. The van der Waals surface area contributed by atoms with Gasteiger partial charge in [-0.25, -0.2) is 6.57 Å². The van der Waals surface area contributed by atoms with Gasteiger partial charge in [0.25, 0.3) is 0 Å². The molecule has 0 aliphatic carbocycles. The smallest absolute Gasteiger partial charge is 0.236 e. The fraction of sp³-hybridized carbons (Fsp3) is 0.889. The summed E-state index contributed by atoms with van der Waals surface area (Å²) in [6.45, 7) is 13.5. The lowest BCUT2D eigenvalue weighted by molar-refractivity contribution is 0.179. The standard InChI is InChI=1S/C9H16N2/c1-8(2)11-6-4-5-9(7-11)10-3/h8-9H,4-7H2,1-2H3. The average Bonchev–Trinajstić information content (AvgIpc) is 2.05. The van der Waals surface area contributed by atoms with Crippen LogP contribution in [-0.4, -0.2) is 30.1 Å². The quantitative estimate of drug-likeness (QED) is 0.520. The monoisotopic (exact) mass is 152 g/mol. The number of hydrogen-bond donors (Lipinski definition) is 0. The zero-order valence-corrected chi connectivity index (χ0v) is 7.38. The van der Waals surface area contributed by atoms with Gasteiger partial charge in [0.2, 0.25) is 6.04 Å². The van der Waals surface area contributed by atoms with E-state index in [9.17, 15) is 0 Å². The predicted molar refractivity (Wildman–Crippen MR) is 46.3 cm³/mol. The van der Waals surface area contributed by atoms with Gasteiger partial charge in [-0.1, -0.05) is 0 Å². The van der Waals surface area contributed by atoms with Crippen molar-refractivity contribution in [3.05, 3.63) is 11.4 Å². The van der Waals surface area contributed by atoms with E-state index >= 15 is 0 Å². The minimum atomic E-state index is 0.270. The van der Waals surface area contributed by atoms with Crippen LogP contribution in [0.2, 0.25) is 0 Å². The van der Waals surface area contributed by atoms with Gasteiger partial charge in [-0.2, -0.15) is 0 Å². The fourth-order valence-electron chi connectivity index (χ4n) is 1.56. The normalized spacial score (nSPS) is 26.9. The fourth-order valence-corrected chi connectivity index (χ4v) is 1.56. The molecule has 1 unspecified atom stereocenters. The third kappa shape index (κ3) is 2.20. The first-order valence-electron chi connectivity index (χ1n) is 4.34. The SMILES string of the molecule is [C-]#[N+]C1CCCN(C(C)C)C1. The summed E-state index contributed by atoms with van der Waals surface area (Å²) in [6.07, 6.45) is 2.30. The highest BCUT2D eigenvalue weighted by molar-refractivity contribution is 4.86. The molecule has 1 aliphatic heterocycles. The Bertz CT molecular complexity index is 157. The molecule has 0 aromatic carbocycles. The Labute approximate surface area is 69.0 Å². The van der Waals surface area contributed by atoms with Crippen LogP contribution in [-0.2, 0) is 0 Å². The summed E-state index contributed by atoms with van der Waals surface area (Å²) in [5, 5.41) is 0. The second-order valence-corrected chi connectivity index (χ2v) is 3.51.